The van der Waals surface area contributed by atoms with Crippen molar-refractivity contribution in [3.8, 4) is 0 Å². The molecule has 7 unspecified atom stereocenters. The molecule has 6 N–H and O–H groups in total. The van der Waals surface area contributed by atoms with E-state index in [2.05, 4.69) is 31.3 Å². The van der Waals surface area contributed by atoms with E-state index in [-0.39, 0.29) is 12.5 Å². The van der Waals surface area contributed by atoms with Crippen LogP contribution in [0.4, 0.5) is 0 Å². The summed E-state index contributed by atoms with van der Waals surface area (Å²) < 4.78 is 11.2. The molecular formula is C38H73NO8. The topological polar surface area (TPSA) is 149 Å². The number of carbonyl (C=O) groups excluding carboxylic acids is 1. The van der Waals surface area contributed by atoms with Gasteiger partial charge in [0.05, 0.1) is 25.4 Å². The Bertz CT molecular complexity index is 751. The Balaban J connectivity index is 2.42. The Labute approximate surface area is 286 Å². The summed E-state index contributed by atoms with van der Waals surface area (Å²) >= 11 is 0. The van der Waals surface area contributed by atoms with Crippen molar-refractivity contribution in [2.24, 2.45) is 0 Å². The van der Waals surface area contributed by atoms with Crippen molar-refractivity contribution in [2.75, 3.05) is 13.2 Å². The van der Waals surface area contributed by atoms with Gasteiger partial charge in [-0.05, 0) is 32.1 Å². The number of unbranched alkanes of at least 4 members (excludes halogenated alkanes) is 19. The zero-order valence-corrected chi connectivity index (χ0v) is 30.0. The van der Waals surface area contributed by atoms with Gasteiger partial charge in [0.25, 0.3) is 0 Å². The fraction of sp³-hybridized carbons (Fsp3) is 0.921. The molecule has 0 saturated carbocycles. The number of allylic oxidation sites excluding steroid dienone is 2. The van der Waals surface area contributed by atoms with Crippen LogP contribution in [-0.4, -0.2) is 87.5 Å². The standard InChI is InChI=1S/C38H73NO8/c1-3-5-7-9-11-13-15-16-17-18-19-21-23-25-27-32(41)31(30-46-38-37(45)36(44)35(43)33(29-40)47-38)39-34(42)28-26-24-22-20-14-12-10-8-6-4-2/h8,10,31-33,35-38,40-41,43-45H,3-7,9,11-30H2,1-2H3,(H,39,42)/b10-8-. The summed E-state index contributed by atoms with van der Waals surface area (Å²) in [5.41, 5.74) is 0. The van der Waals surface area contributed by atoms with E-state index in [1.54, 1.807) is 0 Å². The van der Waals surface area contributed by atoms with E-state index in [1.807, 2.05) is 0 Å². The Morgan fingerprint density at radius 3 is 1.81 bits per heavy atom. The van der Waals surface area contributed by atoms with E-state index < -0.39 is 49.5 Å². The third-order valence-electron chi connectivity index (χ3n) is 9.35. The van der Waals surface area contributed by atoms with Gasteiger partial charge in [-0.3, -0.25) is 4.79 Å². The lowest BCUT2D eigenvalue weighted by molar-refractivity contribution is -0.302. The smallest absolute Gasteiger partial charge is 0.220 e. The van der Waals surface area contributed by atoms with E-state index in [0.29, 0.717) is 12.8 Å². The summed E-state index contributed by atoms with van der Waals surface area (Å²) in [6, 6.07) is -0.716. The number of hydrogen-bond acceptors (Lipinski definition) is 8. The number of amides is 1. The summed E-state index contributed by atoms with van der Waals surface area (Å²) in [6.07, 6.45) is 23.6. The summed E-state index contributed by atoms with van der Waals surface area (Å²) in [4.78, 5) is 12.8. The largest absolute Gasteiger partial charge is 0.394 e. The molecule has 0 radical (unpaired) electrons. The van der Waals surface area contributed by atoms with Crippen molar-refractivity contribution in [3.05, 3.63) is 12.2 Å². The Hall–Kier alpha value is -1.07. The fourth-order valence-electron chi connectivity index (χ4n) is 6.16. The van der Waals surface area contributed by atoms with Crippen molar-refractivity contribution in [1.29, 1.82) is 0 Å². The van der Waals surface area contributed by atoms with Crippen molar-refractivity contribution in [2.45, 2.75) is 211 Å². The maximum atomic E-state index is 12.8. The normalized spacial score (nSPS) is 22.9. The van der Waals surface area contributed by atoms with Gasteiger partial charge >= 0.3 is 0 Å². The lowest BCUT2D eigenvalue weighted by atomic mass is 9.99. The van der Waals surface area contributed by atoms with Crippen LogP contribution in [0.3, 0.4) is 0 Å². The molecule has 0 bridgehead atoms. The SMILES string of the molecule is CCC/C=C\CCCCCCCC(=O)NC(COC1OC(CO)C(O)C(O)C1O)C(O)CCCCCCCCCCCCCCCC. The van der Waals surface area contributed by atoms with E-state index in [1.165, 1.54) is 77.0 Å². The van der Waals surface area contributed by atoms with Gasteiger partial charge in [0.15, 0.2) is 6.29 Å². The Kier molecular flexibility index (Phi) is 27.9. The molecule has 7 atom stereocenters. The molecule has 0 aromatic heterocycles. The lowest BCUT2D eigenvalue weighted by Gasteiger charge is -2.40. The van der Waals surface area contributed by atoms with Gasteiger partial charge in [0.1, 0.15) is 24.4 Å². The first-order valence-electron chi connectivity index (χ1n) is 19.4. The van der Waals surface area contributed by atoms with Crippen molar-refractivity contribution in [1.82, 2.24) is 5.32 Å². The third-order valence-corrected chi connectivity index (χ3v) is 9.35. The van der Waals surface area contributed by atoms with Gasteiger partial charge < -0.3 is 40.3 Å². The summed E-state index contributed by atoms with van der Waals surface area (Å²) in [7, 11) is 0. The summed E-state index contributed by atoms with van der Waals surface area (Å²) in [6.45, 7) is 3.74. The van der Waals surface area contributed by atoms with Crippen molar-refractivity contribution >= 4 is 5.91 Å². The van der Waals surface area contributed by atoms with Crippen molar-refractivity contribution in [3.63, 3.8) is 0 Å². The molecule has 0 spiro atoms. The molecule has 1 aliphatic heterocycles. The minimum absolute atomic E-state index is 0.139. The molecule has 0 aliphatic carbocycles. The van der Waals surface area contributed by atoms with Crippen LogP contribution in [0.1, 0.15) is 168 Å². The van der Waals surface area contributed by atoms with Gasteiger partial charge in [0, 0.05) is 6.42 Å². The molecule has 1 heterocycles. The highest BCUT2D eigenvalue weighted by Gasteiger charge is 2.44. The van der Waals surface area contributed by atoms with Gasteiger partial charge in [0.2, 0.25) is 5.91 Å². The average molecular weight is 672 g/mol. The average Bonchev–Trinajstić information content (AvgIpc) is 3.07. The minimum atomic E-state index is -1.55. The zero-order valence-electron chi connectivity index (χ0n) is 30.0. The first-order chi connectivity index (χ1) is 22.8. The quantitative estimate of drug-likeness (QED) is 0.0357. The number of nitrogens with one attached hydrogen (secondary N) is 1. The van der Waals surface area contributed by atoms with E-state index in [4.69, 9.17) is 9.47 Å². The van der Waals surface area contributed by atoms with Gasteiger partial charge in [-0.1, -0.05) is 142 Å². The molecule has 1 fully saturated rings. The van der Waals surface area contributed by atoms with Crippen LogP contribution in [0.15, 0.2) is 12.2 Å². The first kappa shape index (κ1) is 44.0. The zero-order chi connectivity index (χ0) is 34.5. The van der Waals surface area contributed by atoms with Crippen LogP contribution >= 0.6 is 0 Å². The second-order valence-corrected chi connectivity index (χ2v) is 13.7. The highest BCUT2D eigenvalue weighted by molar-refractivity contribution is 5.76. The molecule has 9 heteroatoms. The lowest BCUT2D eigenvalue weighted by Crippen LogP contribution is -2.60. The van der Waals surface area contributed by atoms with Crippen LogP contribution in [0.5, 0.6) is 0 Å². The molecule has 278 valence electrons. The fourth-order valence-corrected chi connectivity index (χ4v) is 6.16. The van der Waals surface area contributed by atoms with Gasteiger partial charge in [-0.25, -0.2) is 0 Å². The van der Waals surface area contributed by atoms with E-state index in [9.17, 15) is 30.3 Å². The number of aliphatic hydroxyl groups is 5. The Morgan fingerprint density at radius 2 is 1.23 bits per heavy atom. The van der Waals surface area contributed by atoms with Crippen LogP contribution < -0.4 is 5.32 Å². The maximum Gasteiger partial charge on any atom is 0.220 e. The van der Waals surface area contributed by atoms with Crippen LogP contribution in [-0.2, 0) is 14.3 Å². The van der Waals surface area contributed by atoms with Gasteiger partial charge in [-0.2, -0.15) is 0 Å². The van der Waals surface area contributed by atoms with Crippen LogP contribution in [0.2, 0.25) is 0 Å². The number of carbonyl (C=O) groups is 1. The highest BCUT2D eigenvalue weighted by atomic mass is 16.7. The molecule has 0 aromatic rings. The summed E-state index contributed by atoms with van der Waals surface area (Å²) in [5.74, 6) is -0.157. The third kappa shape index (κ3) is 21.6. The van der Waals surface area contributed by atoms with E-state index >= 15 is 0 Å². The monoisotopic (exact) mass is 672 g/mol. The molecule has 1 rings (SSSR count). The number of hydrogen-bond donors (Lipinski definition) is 6. The second kappa shape index (κ2) is 29.8. The molecule has 1 saturated heterocycles. The first-order valence-corrected chi connectivity index (χ1v) is 19.4. The van der Waals surface area contributed by atoms with Crippen LogP contribution in [0.25, 0.3) is 0 Å². The minimum Gasteiger partial charge on any atom is -0.394 e. The van der Waals surface area contributed by atoms with Crippen molar-refractivity contribution < 1.29 is 39.8 Å². The number of aliphatic hydroxyl groups excluding tert-OH is 5. The predicted molar refractivity (Wildman–Crippen MR) is 189 cm³/mol. The Morgan fingerprint density at radius 1 is 0.702 bits per heavy atom. The predicted octanol–water partition coefficient (Wildman–Crippen LogP) is 6.61. The molecular weight excluding hydrogens is 598 g/mol. The molecule has 47 heavy (non-hydrogen) atoms. The number of rotatable bonds is 31. The molecule has 9 nitrogen and oxygen atoms in total. The second-order valence-electron chi connectivity index (χ2n) is 13.7. The van der Waals surface area contributed by atoms with E-state index in [0.717, 1.165) is 64.2 Å². The summed E-state index contributed by atoms with van der Waals surface area (Å²) in [5, 5.41) is 54.0. The maximum absolute atomic E-state index is 12.8. The molecule has 1 aliphatic rings. The highest BCUT2D eigenvalue weighted by Crippen LogP contribution is 2.23. The number of ether oxygens (including phenoxy) is 2. The molecule has 1 amide bonds. The van der Waals surface area contributed by atoms with Crippen LogP contribution in [0, 0.1) is 0 Å². The van der Waals surface area contributed by atoms with Gasteiger partial charge in [-0.15, -0.1) is 0 Å². The molecule has 0 aromatic carbocycles.